The SMILES string of the molecule is O=C(CCc1ncc(-c2ccc(F)cc2)o1)NC1CCCc2ccccc21. The Kier molecular flexibility index (Phi) is 5.01. The van der Waals surface area contributed by atoms with Crippen LogP contribution in [0.5, 0.6) is 0 Å². The molecule has 27 heavy (non-hydrogen) atoms. The average Bonchev–Trinajstić information content (AvgIpc) is 3.16. The van der Waals surface area contributed by atoms with Crippen molar-refractivity contribution >= 4 is 5.91 Å². The van der Waals surface area contributed by atoms with Crippen molar-refractivity contribution in [3.05, 3.63) is 77.6 Å². The molecule has 0 bridgehead atoms. The summed E-state index contributed by atoms with van der Waals surface area (Å²) in [4.78, 5) is 16.6. The summed E-state index contributed by atoms with van der Waals surface area (Å²) < 4.78 is 18.7. The second-order valence-electron chi connectivity index (χ2n) is 6.84. The molecule has 3 aromatic rings. The number of aromatic nitrogens is 1. The van der Waals surface area contributed by atoms with E-state index in [0.717, 1.165) is 24.8 Å². The zero-order chi connectivity index (χ0) is 18.6. The average molecular weight is 364 g/mol. The minimum Gasteiger partial charge on any atom is -0.441 e. The first-order chi connectivity index (χ1) is 13.2. The minimum absolute atomic E-state index is 0.00163. The third-order valence-electron chi connectivity index (χ3n) is 4.95. The van der Waals surface area contributed by atoms with E-state index in [2.05, 4.69) is 22.4 Å². The van der Waals surface area contributed by atoms with Gasteiger partial charge in [0.15, 0.2) is 11.7 Å². The van der Waals surface area contributed by atoms with Gasteiger partial charge in [0.1, 0.15) is 5.82 Å². The number of rotatable bonds is 5. The number of halogens is 1. The number of carbonyl (C=O) groups is 1. The monoisotopic (exact) mass is 364 g/mol. The van der Waals surface area contributed by atoms with Crippen LogP contribution in [0.3, 0.4) is 0 Å². The molecule has 0 fully saturated rings. The molecule has 0 saturated heterocycles. The molecular formula is C22H21FN2O2. The molecule has 0 radical (unpaired) electrons. The van der Waals surface area contributed by atoms with Crippen LogP contribution in [0.4, 0.5) is 4.39 Å². The first kappa shape index (κ1) is 17.5. The summed E-state index contributed by atoms with van der Waals surface area (Å²) in [6.45, 7) is 0. The number of benzene rings is 2. The Hall–Kier alpha value is -2.95. The second-order valence-corrected chi connectivity index (χ2v) is 6.84. The van der Waals surface area contributed by atoms with Gasteiger partial charge in [-0.3, -0.25) is 4.79 Å². The van der Waals surface area contributed by atoms with Gasteiger partial charge in [-0.25, -0.2) is 9.37 Å². The molecule has 0 saturated carbocycles. The molecule has 1 heterocycles. The number of aryl methyl sites for hydroxylation is 2. The minimum atomic E-state index is -0.292. The summed E-state index contributed by atoms with van der Waals surface area (Å²) in [6, 6.07) is 14.4. The molecule has 1 aliphatic rings. The first-order valence-electron chi connectivity index (χ1n) is 9.27. The number of hydrogen-bond acceptors (Lipinski definition) is 3. The predicted molar refractivity (Wildman–Crippen MR) is 100 cm³/mol. The summed E-state index contributed by atoms with van der Waals surface area (Å²) >= 11 is 0. The standard InChI is InChI=1S/C22H21FN2O2/c23-17-10-8-16(9-11-17)20-14-24-22(27-20)13-12-21(26)25-19-7-3-5-15-4-1-2-6-18(15)19/h1-2,4,6,8-11,14,19H,3,5,7,12-13H2,(H,25,26). The normalized spacial score (nSPS) is 16.0. The van der Waals surface area contributed by atoms with E-state index in [9.17, 15) is 9.18 Å². The maximum Gasteiger partial charge on any atom is 0.220 e. The molecule has 4 nitrogen and oxygen atoms in total. The molecule has 2 aromatic carbocycles. The van der Waals surface area contributed by atoms with Crippen LogP contribution in [0.2, 0.25) is 0 Å². The highest BCUT2D eigenvalue weighted by Gasteiger charge is 2.21. The van der Waals surface area contributed by atoms with Gasteiger partial charge in [-0.15, -0.1) is 0 Å². The van der Waals surface area contributed by atoms with Gasteiger partial charge in [0.25, 0.3) is 0 Å². The molecule has 5 heteroatoms. The molecule has 4 rings (SSSR count). The van der Waals surface area contributed by atoms with Crippen molar-refractivity contribution in [1.29, 1.82) is 0 Å². The van der Waals surface area contributed by atoms with Crippen molar-refractivity contribution in [2.45, 2.75) is 38.1 Å². The molecule has 1 aliphatic carbocycles. The lowest BCUT2D eigenvalue weighted by Gasteiger charge is -2.26. The highest BCUT2D eigenvalue weighted by Crippen LogP contribution is 2.29. The van der Waals surface area contributed by atoms with Gasteiger partial charge in [-0.05, 0) is 54.7 Å². The van der Waals surface area contributed by atoms with Crippen molar-refractivity contribution in [3.63, 3.8) is 0 Å². The molecule has 138 valence electrons. The summed E-state index contributed by atoms with van der Waals surface area (Å²) in [5.41, 5.74) is 3.32. The van der Waals surface area contributed by atoms with Crippen LogP contribution in [-0.4, -0.2) is 10.9 Å². The van der Waals surface area contributed by atoms with E-state index in [-0.39, 0.29) is 17.8 Å². The van der Waals surface area contributed by atoms with E-state index in [1.165, 1.54) is 23.3 Å². The molecule has 1 aromatic heterocycles. The fraction of sp³-hybridized carbons (Fsp3) is 0.273. The third-order valence-corrected chi connectivity index (χ3v) is 4.95. The Morgan fingerprint density at radius 1 is 1.19 bits per heavy atom. The maximum atomic E-state index is 13.0. The Labute approximate surface area is 157 Å². The lowest BCUT2D eigenvalue weighted by atomic mass is 9.87. The van der Waals surface area contributed by atoms with Crippen molar-refractivity contribution in [2.24, 2.45) is 0 Å². The quantitative estimate of drug-likeness (QED) is 0.719. The smallest absolute Gasteiger partial charge is 0.220 e. The van der Waals surface area contributed by atoms with Gasteiger partial charge in [0.2, 0.25) is 5.91 Å². The summed E-state index contributed by atoms with van der Waals surface area (Å²) in [6.07, 6.45) is 5.49. The topological polar surface area (TPSA) is 55.1 Å². The number of nitrogens with zero attached hydrogens (tertiary/aromatic N) is 1. The predicted octanol–water partition coefficient (Wildman–Crippen LogP) is 4.61. The molecule has 1 atom stereocenters. The molecular weight excluding hydrogens is 343 g/mol. The molecule has 0 spiro atoms. The number of hydrogen-bond donors (Lipinski definition) is 1. The highest BCUT2D eigenvalue weighted by atomic mass is 19.1. The summed E-state index contributed by atoms with van der Waals surface area (Å²) in [5.74, 6) is 0.790. The summed E-state index contributed by atoms with van der Waals surface area (Å²) in [5, 5.41) is 3.14. The third kappa shape index (κ3) is 4.08. The first-order valence-corrected chi connectivity index (χ1v) is 9.27. The zero-order valence-electron chi connectivity index (χ0n) is 15.0. The number of fused-ring (bicyclic) bond motifs is 1. The largest absolute Gasteiger partial charge is 0.441 e. The molecule has 0 aliphatic heterocycles. The fourth-order valence-corrected chi connectivity index (χ4v) is 3.56. The van der Waals surface area contributed by atoms with Crippen LogP contribution in [-0.2, 0) is 17.6 Å². The number of carbonyl (C=O) groups excluding carboxylic acids is 1. The van der Waals surface area contributed by atoms with E-state index in [1.54, 1.807) is 18.3 Å². The van der Waals surface area contributed by atoms with E-state index < -0.39 is 0 Å². The zero-order valence-corrected chi connectivity index (χ0v) is 15.0. The van der Waals surface area contributed by atoms with E-state index in [0.29, 0.717) is 24.5 Å². The number of oxazole rings is 1. The van der Waals surface area contributed by atoms with Crippen molar-refractivity contribution in [1.82, 2.24) is 10.3 Å². The van der Waals surface area contributed by atoms with E-state index in [1.807, 2.05) is 12.1 Å². The van der Waals surface area contributed by atoms with Crippen LogP contribution in [0, 0.1) is 5.82 Å². The van der Waals surface area contributed by atoms with Gasteiger partial charge >= 0.3 is 0 Å². The Balaban J connectivity index is 1.34. The van der Waals surface area contributed by atoms with Gasteiger partial charge < -0.3 is 9.73 Å². The van der Waals surface area contributed by atoms with Crippen LogP contribution in [0.25, 0.3) is 11.3 Å². The van der Waals surface area contributed by atoms with E-state index in [4.69, 9.17) is 4.42 Å². The Morgan fingerprint density at radius 3 is 2.85 bits per heavy atom. The molecule has 1 N–H and O–H groups in total. The lowest BCUT2D eigenvalue weighted by molar-refractivity contribution is -0.122. The van der Waals surface area contributed by atoms with Gasteiger partial charge in [0.05, 0.1) is 12.2 Å². The van der Waals surface area contributed by atoms with Gasteiger partial charge in [0, 0.05) is 18.4 Å². The molecule has 1 amide bonds. The fourth-order valence-electron chi connectivity index (χ4n) is 3.56. The molecule has 1 unspecified atom stereocenters. The van der Waals surface area contributed by atoms with E-state index >= 15 is 0 Å². The van der Waals surface area contributed by atoms with Crippen LogP contribution in [0.1, 0.15) is 42.3 Å². The summed E-state index contributed by atoms with van der Waals surface area (Å²) in [7, 11) is 0. The van der Waals surface area contributed by atoms with Gasteiger partial charge in [-0.1, -0.05) is 24.3 Å². The number of nitrogens with one attached hydrogen (secondary N) is 1. The van der Waals surface area contributed by atoms with Crippen LogP contribution in [0.15, 0.2) is 59.1 Å². The second kappa shape index (κ2) is 7.74. The Bertz CT molecular complexity index is 933. The van der Waals surface area contributed by atoms with Gasteiger partial charge in [-0.2, -0.15) is 0 Å². The Morgan fingerprint density at radius 2 is 2.00 bits per heavy atom. The van der Waals surface area contributed by atoms with Crippen LogP contribution >= 0.6 is 0 Å². The lowest BCUT2D eigenvalue weighted by Crippen LogP contribution is -2.31. The van der Waals surface area contributed by atoms with Crippen LogP contribution < -0.4 is 5.32 Å². The van der Waals surface area contributed by atoms with Crippen molar-refractivity contribution < 1.29 is 13.6 Å². The maximum absolute atomic E-state index is 13.0. The number of amides is 1. The van der Waals surface area contributed by atoms with Crippen molar-refractivity contribution in [3.8, 4) is 11.3 Å². The highest BCUT2D eigenvalue weighted by molar-refractivity contribution is 5.76. The van der Waals surface area contributed by atoms with Crippen molar-refractivity contribution in [2.75, 3.05) is 0 Å².